The minimum atomic E-state index is -0.392. The highest BCUT2D eigenvalue weighted by Crippen LogP contribution is 2.29. The molecule has 7 nitrogen and oxygen atoms in total. The smallest absolute Gasteiger partial charge is 0.319 e. The van der Waals surface area contributed by atoms with E-state index in [-0.39, 0.29) is 24.1 Å². The van der Waals surface area contributed by atoms with Gasteiger partial charge in [-0.3, -0.25) is 4.79 Å². The highest BCUT2D eigenvalue weighted by atomic mass is 19.1. The van der Waals surface area contributed by atoms with E-state index in [0.29, 0.717) is 47.7 Å². The molecule has 0 saturated carbocycles. The Morgan fingerprint density at radius 1 is 1.13 bits per heavy atom. The molecule has 1 aliphatic rings. The molecule has 30 heavy (non-hydrogen) atoms. The van der Waals surface area contributed by atoms with Gasteiger partial charge in [0, 0.05) is 28.9 Å². The molecule has 0 fully saturated rings. The third-order valence-corrected chi connectivity index (χ3v) is 4.33. The van der Waals surface area contributed by atoms with E-state index in [1.165, 1.54) is 12.1 Å². The van der Waals surface area contributed by atoms with Gasteiger partial charge in [-0.25, -0.2) is 9.18 Å². The number of halogens is 1. The van der Waals surface area contributed by atoms with Gasteiger partial charge in [0.1, 0.15) is 11.6 Å². The predicted octanol–water partition coefficient (Wildman–Crippen LogP) is 3.58. The van der Waals surface area contributed by atoms with Crippen molar-refractivity contribution in [3.63, 3.8) is 0 Å². The summed E-state index contributed by atoms with van der Waals surface area (Å²) in [5.74, 6) is 0.0800. The number of benzene rings is 2. The Hall–Kier alpha value is -3.13. The van der Waals surface area contributed by atoms with E-state index in [4.69, 9.17) is 9.47 Å². The van der Waals surface area contributed by atoms with Gasteiger partial charge in [0.15, 0.2) is 6.79 Å². The number of rotatable bonds is 5. The van der Waals surface area contributed by atoms with Crippen molar-refractivity contribution >= 4 is 17.6 Å². The second-order valence-electron chi connectivity index (χ2n) is 8.08. The lowest BCUT2D eigenvalue weighted by atomic mass is 10.1. The van der Waals surface area contributed by atoms with E-state index in [1.807, 2.05) is 20.8 Å². The topological polar surface area (TPSA) is 88.7 Å². The van der Waals surface area contributed by atoms with Crippen LogP contribution in [0.3, 0.4) is 0 Å². The van der Waals surface area contributed by atoms with Crippen LogP contribution in [0.5, 0.6) is 5.75 Å². The fraction of sp³-hybridized carbons (Fsp3) is 0.364. The number of hydrogen-bond donors (Lipinski definition) is 3. The van der Waals surface area contributed by atoms with Crippen molar-refractivity contribution in [2.45, 2.75) is 39.3 Å². The molecular weight excluding hydrogens is 389 g/mol. The summed E-state index contributed by atoms with van der Waals surface area (Å²) in [4.78, 5) is 24.3. The number of nitrogens with one attached hydrogen (secondary N) is 3. The molecule has 0 spiro atoms. The predicted molar refractivity (Wildman–Crippen MR) is 111 cm³/mol. The summed E-state index contributed by atoms with van der Waals surface area (Å²) in [5.41, 5.74) is 2.09. The number of carbonyl (C=O) groups is 2. The summed E-state index contributed by atoms with van der Waals surface area (Å²) < 4.78 is 24.4. The molecule has 0 saturated heterocycles. The van der Waals surface area contributed by atoms with Gasteiger partial charge in [-0.2, -0.15) is 0 Å². The summed E-state index contributed by atoms with van der Waals surface area (Å²) in [6.45, 7) is 6.46. The molecule has 1 heterocycles. The second-order valence-corrected chi connectivity index (χ2v) is 8.08. The summed E-state index contributed by atoms with van der Waals surface area (Å²) >= 11 is 0. The van der Waals surface area contributed by atoms with Crippen LogP contribution in [0.4, 0.5) is 14.9 Å². The van der Waals surface area contributed by atoms with Crippen molar-refractivity contribution in [2.24, 2.45) is 0 Å². The Labute approximate surface area is 174 Å². The molecule has 1 aliphatic heterocycles. The average Bonchev–Trinajstić information content (AvgIpc) is 2.67. The number of carbonyl (C=O) groups excluding carboxylic acids is 2. The van der Waals surface area contributed by atoms with Crippen molar-refractivity contribution in [3.8, 4) is 5.75 Å². The second kappa shape index (κ2) is 9.13. The molecule has 0 bridgehead atoms. The Morgan fingerprint density at radius 2 is 1.87 bits per heavy atom. The molecule has 0 atom stereocenters. The Morgan fingerprint density at radius 3 is 2.57 bits per heavy atom. The van der Waals surface area contributed by atoms with Gasteiger partial charge in [-0.1, -0.05) is 0 Å². The highest BCUT2D eigenvalue weighted by Gasteiger charge is 2.17. The zero-order valence-corrected chi connectivity index (χ0v) is 17.3. The van der Waals surface area contributed by atoms with Gasteiger partial charge in [-0.15, -0.1) is 0 Å². The van der Waals surface area contributed by atoms with Crippen LogP contribution < -0.4 is 20.7 Å². The Kier molecular flexibility index (Phi) is 6.56. The van der Waals surface area contributed by atoms with E-state index < -0.39 is 6.03 Å². The van der Waals surface area contributed by atoms with E-state index in [1.54, 1.807) is 24.3 Å². The Bertz CT molecular complexity index is 923. The van der Waals surface area contributed by atoms with Crippen LogP contribution in [0.25, 0.3) is 0 Å². The molecule has 3 rings (SSSR count). The van der Waals surface area contributed by atoms with Crippen molar-refractivity contribution in [3.05, 3.63) is 58.9 Å². The van der Waals surface area contributed by atoms with Gasteiger partial charge >= 0.3 is 6.03 Å². The van der Waals surface area contributed by atoms with Crippen LogP contribution in [0.2, 0.25) is 0 Å². The molecule has 160 valence electrons. The van der Waals surface area contributed by atoms with E-state index in [2.05, 4.69) is 16.0 Å². The minimum Gasteiger partial charge on any atom is -0.467 e. The van der Waals surface area contributed by atoms with Gasteiger partial charge < -0.3 is 25.4 Å². The SMILES string of the molecule is CC(C)(C)NC(=O)c1ccc(NC(=O)NCCc2cc(F)cc3c2OCOC3)cc1. The molecule has 8 heteroatoms. The molecule has 2 aromatic rings. The van der Waals surface area contributed by atoms with E-state index in [9.17, 15) is 14.0 Å². The average molecular weight is 415 g/mol. The van der Waals surface area contributed by atoms with Crippen LogP contribution in [0, 0.1) is 5.82 Å². The first-order chi connectivity index (χ1) is 14.2. The number of ether oxygens (including phenoxy) is 2. The van der Waals surface area contributed by atoms with Gasteiger partial charge in [-0.05, 0) is 69.2 Å². The molecule has 3 amide bonds. The number of amides is 3. The number of hydrogen-bond acceptors (Lipinski definition) is 4. The van der Waals surface area contributed by atoms with Crippen LogP contribution in [-0.2, 0) is 17.8 Å². The first-order valence-electron chi connectivity index (χ1n) is 9.70. The fourth-order valence-electron chi connectivity index (χ4n) is 3.05. The summed E-state index contributed by atoms with van der Waals surface area (Å²) in [6, 6.07) is 9.03. The fourth-order valence-corrected chi connectivity index (χ4v) is 3.05. The van der Waals surface area contributed by atoms with Crippen LogP contribution in [0.15, 0.2) is 36.4 Å². The third kappa shape index (κ3) is 5.93. The normalized spacial score (nSPS) is 13.1. The van der Waals surface area contributed by atoms with Crippen LogP contribution in [0.1, 0.15) is 42.3 Å². The summed E-state index contributed by atoms with van der Waals surface area (Å²) in [7, 11) is 0. The first-order valence-corrected chi connectivity index (χ1v) is 9.70. The van der Waals surface area contributed by atoms with Gasteiger partial charge in [0.2, 0.25) is 0 Å². The third-order valence-electron chi connectivity index (χ3n) is 4.33. The maximum atomic E-state index is 13.8. The molecule has 0 aliphatic carbocycles. The maximum absolute atomic E-state index is 13.8. The van der Waals surface area contributed by atoms with Crippen LogP contribution in [-0.4, -0.2) is 30.8 Å². The molecular formula is C22H26FN3O4. The monoisotopic (exact) mass is 415 g/mol. The Balaban J connectivity index is 1.51. The van der Waals surface area contributed by atoms with Crippen molar-refractivity contribution in [1.29, 1.82) is 0 Å². The van der Waals surface area contributed by atoms with E-state index in [0.717, 1.165) is 0 Å². The lowest BCUT2D eigenvalue weighted by molar-refractivity contribution is -0.0172. The molecule has 0 radical (unpaired) electrons. The quantitative estimate of drug-likeness (QED) is 0.696. The lowest BCUT2D eigenvalue weighted by Gasteiger charge is -2.21. The van der Waals surface area contributed by atoms with Gasteiger partial charge in [0.05, 0.1) is 6.61 Å². The van der Waals surface area contributed by atoms with Crippen molar-refractivity contribution in [2.75, 3.05) is 18.7 Å². The standard InChI is InChI=1S/C22H26FN3O4/c1-22(2,3)26-20(27)14-4-6-18(7-5-14)25-21(28)24-9-8-15-10-17(23)11-16-12-29-13-30-19(15)16/h4-7,10-11H,8-9,12-13H2,1-3H3,(H,26,27)(H2,24,25,28). The molecule has 3 N–H and O–H groups in total. The minimum absolute atomic E-state index is 0.128. The van der Waals surface area contributed by atoms with Gasteiger partial charge in [0.25, 0.3) is 5.91 Å². The molecule has 0 unspecified atom stereocenters. The number of fused-ring (bicyclic) bond motifs is 1. The lowest BCUT2D eigenvalue weighted by Crippen LogP contribution is -2.40. The van der Waals surface area contributed by atoms with Crippen LogP contribution >= 0.6 is 0 Å². The largest absolute Gasteiger partial charge is 0.467 e. The van der Waals surface area contributed by atoms with Crippen molar-refractivity contribution < 1.29 is 23.5 Å². The number of urea groups is 1. The first kappa shape index (κ1) is 21.6. The van der Waals surface area contributed by atoms with Crippen molar-refractivity contribution in [1.82, 2.24) is 10.6 Å². The zero-order valence-electron chi connectivity index (χ0n) is 17.3. The maximum Gasteiger partial charge on any atom is 0.319 e. The molecule has 2 aromatic carbocycles. The zero-order chi connectivity index (χ0) is 21.7. The molecule has 0 aromatic heterocycles. The highest BCUT2D eigenvalue weighted by molar-refractivity contribution is 5.95. The number of anilines is 1. The summed E-state index contributed by atoms with van der Waals surface area (Å²) in [6.07, 6.45) is 0.416. The van der Waals surface area contributed by atoms with E-state index >= 15 is 0 Å². The summed E-state index contributed by atoms with van der Waals surface area (Å²) in [5, 5.41) is 8.33.